The number of aromatic nitrogens is 1. The Bertz CT molecular complexity index is 959. The summed E-state index contributed by atoms with van der Waals surface area (Å²) < 4.78 is 36.8. The molecular weight excluding hydrogens is 234 g/mol. The summed E-state index contributed by atoms with van der Waals surface area (Å²) in [5.74, 6) is 0.491. The molecule has 0 aliphatic heterocycles. The van der Waals surface area contributed by atoms with Crippen molar-refractivity contribution >= 4 is 22.6 Å². The summed E-state index contributed by atoms with van der Waals surface area (Å²) in [6, 6.07) is 6.44. The lowest BCUT2D eigenvalue weighted by atomic mass is 10.0. The quantitative estimate of drug-likeness (QED) is 0.683. The molecule has 2 heteroatoms. The van der Waals surface area contributed by atoms with E-state index in [0.29, 0.717) is 22.5 Å². The van der Waals surface area contributed by atoms with Gasteiger partial charge in [-0.15, -0.1) is 0 Å². The van der Waals surface area contributed by atoms with Crippen molar-refractivity contribution in [1.82, 2.24) is 4.98 Å². The van der Waals surface area contributed by atoms with E-state index in [4.69, 9.17) is 9.90 Å². The molecule has 0 spiro atoms. The lowest BCUT2D eigenvalue weighted by Crippen LogP contribution is -1.90. The standard InChI is InChI=1S/C17H13NO/c1-3-15-17(12(2)14-9-6-7-11-18-14)13-8-4-5-10-16(13)19-15/h3-11H,1-2H2/i6D,7D,9D,11D. The van der Waals surface area contributed by atoms with Gasteiger partial charge in [0.15, 0.2) is 0 Å². The maximum atomic E-state index is 8.03. The third-order valence-corrected chi connectivity index (χ3v) is 2.86. The van der Waals surface area contributed by atoms with Gasteiger partial charge in [-0.2, -0.15) is 0 Å². The van der Waals surface area contributed by atoms with E-state index in [1.54, 1.807) is 6.08 Å². The zero-order valence-corrected chi connectivity index (χ0v) is 10.2. The monoisotopic (exact) mass is 251 g/mol. The maximum absolute atomic E-state index is 8.03. The lowest BCUT2D eigenvalue weighted by molar-refractivity contribution is 0.603. The summed E-state index contributed by atoms with van der Waals surface area (Å²) in [5.41, 5.74) is 1.76. The van der Waals surface area contributed by atoms with Gasteiger partial charge in [0.2, 0.25) is 0 Å². The predicted octanol–water partition coefficient (Wildman–Crippen LogP) is 4.53. The summed E-state index contributed by atoms with van der Waals surface area (Å²) in [5, 5.41) is 0.793. The summed E-state index contributed by atoms with van der Waals surface area (Å²) in [6.07, 6.45) is 1.20. The maximum Gasteiger partial charge on any atom is 0.135 e. The number of hydrogen-bond acceptors (Lipinski definition) is 2. The first-order chi connectivity index (χ1) is 11.0. The minimum atomic E-state index is -0.368. The molecule has 1 aromatic carbocycles. The molecule has 0 aliphatic carbocycles. The summed E-state index contributed by atoms with van der Waals surface area (Å²) in [4.78, 5) is 3.97. The van der Waals surface area contributed by atoms with E-state index in [1.807, 2.05) is 24.3 Å². The van der Waals surface area contributed by atoms with Crippen LogP contribution in [0.3, 0.4) is 0 Å². The van der Waals surface area contributed by atoms with Crippen molar-refractivity contribution in [3.8, 4) is 0 Å². The Labute approximate surface area is 117 Å². The first kappa shape index (κ1) is 7.74. The van der Waals surface area contributed by atoms with Gasteiger partial charge in [-0.05, 0) is 24.2 Å². The summed E-state index contributed by atoms with van der Waals surface area (Å²) in [7, 11) is 0. The number of pyridine rings is 1. The molecule has 0 fully saturated rings. The van der Waals surface area contributed by atoms with Crippen molar-refractivity contribution in [2.75, 3.05) is 0 Å². The van der Waals surface area contributed by atoms with Crippen LogP contribution in [-0.4, -0.2) is 4.98 Å². The normalized spacial score (nSPS) is 13.5. The molecule has 19 heavy (non-hydrogen) atoms. The van der Waals surface area contributed by atoms with Gasteiger partial charge >= 0.3 is 0 Å². The Morgan fingerprint density at radius 1 is 1.32 bits per heavy atom. The van der Waals surface area contributed by atoms with Gasteiger partial charge in [-0.1, -0.05) is 37.4 Å². The lowest BCUT2D eigenvalue weighted by Gasteiger charge is -2.04. The van der Waals surface area contributed by atoms with Crippen LogP contribution in [0.2, 0.25) is 0 Å². The number of fused-ring (bicyclic) bond motifs is 1. The topological polar surface area (TPSA) is 26.0 Å². The van der Waals surface area contributed by atoms with E-state index < -0.39 is 0 Å². The third kappa shape index (κ3) is 1.87. The van der Waals surface area contributed by atoms with Crippen LogP contribution in [0.1, 0.15) is 22.5 Å². The molecule has 0 N–H and O–H groups in total. The van der Waals surface area contributed by atoms with Gasteiger partial charge in [-0.25, -0.2) is 0 Å². The number of nitrogens with zero attached hydrogens (tertiary/aromatic N) is 1. The molecule has 2 heterocycles. The molecule has 0 aliphatic rings. The van der Waals surface area contributed by atoms with Gasteiger partial charge in [0.25, 0.3) is 0 Å². The number of benzene rings is 1. The molecule has 2 aromatic heterocycles. The highest BCUT2D eigenvalue weighted by atomic mass is 16.3. The van der Waals surface area contributed by atoms with Crippen LogP contribution in [0.4, 0.5) is 0 Å². The molecule has 0 radical (unpaired) electrons. The van der Waals surface area contributed by atoms with Crippen molar-refractivity contribution in [1.29, 1.82) is 0 Å². The van der Waals surface area contributed by atoms with Crippen LogP contribution < -0.4 is 0 Å². The fourth-order valence-electron chi connectivity index (χ4n) is 2.01. The van der Waals surface area contributed by atoms with E-state index in [2.05, 4.69) is 18.1 Å². The number of rotatable bonds is 3. The number of para-hydroxylation sites is 1. The largest absolute Gasteiger partial charge is 0.456 e. The summed E-state index contributed by atoms with van der Waals surface area (Å²) >= 11 is 0. The molecule has 0 atom stereocenters. The van der Waals surface area contributed by atoms with Crippen LogP contribution in [0.15, 0.2) is 66.1 Å². The van der Waals surface area contributed by atoms with E-state index in [-0.39, 0.29) is 30.0 Å². The van der Waals surface area contributed by atoms with E-state index in [0.717, 1.165) is 5.39 Å². The number of hydrogen-bond donors (Lipinski definition) is 0. The molecule has 92 valence electrons. The van der Waals surface area contributed by atoms with Gasteiger partial charge in [0, 0.05) is 22.7 Å². The van der Waals surface area contributed by atoms with Crippen molar-refractivity contribution < 1.29 is 9.90 Å². The van der Waals surface area contributed by atoms with Crippen LogP contribution in [0.25, 0.3) is 22.6 Å². The zero-order valence-electron chi connectivity index (χ0n) is 14.2. The molecule has 0 saturated carbocycles. The average Bonchev–Trinajstić information content (AvgIpc) is 2.94. The molecule has 3 aromatic rings. The van der Waals surface area contributed by atoms with Crippen LogP contribution in [0, 0.1) is 0 Å². The Morgan fingerprint density at radius 3 is 3.00 bits per heavy atom. The smallest absolute Gasteiger partial charge is 0.135 e. The highest BCUT2D eigenvalue weighted by molar-refractivity contribution is 5.97. The second-order valence-electron chi connectivity index (χ2n) is 3.97. The van der Waals surface area contributed by atoms with Gasteiger partial charge in [0.05, 0.1) is 11.2 Å². The Morgan fingerprint density at radius 2 is 2.16 bits per heavy atom. The Balaban J connectivity index is 2.28. The Kier molecular flexibility index (Phi) is 1.86. The fourth-order valence-corrected chi connectivity index (χ4v) is 2.01. The highest BCUT2D eigenvalue weighted by Crippen LogP contribution is 2.33. The summed E-state index contributed by atoms with van der Waals surface area (Å²) in [6.45, 7) is 7.71. The van der Waals surface area contributed by atoms with E-state index in [1.165, 1.54) is 0 Å². The molecular formula is C17H13NO. The van der Waals surface area contributed by atoms with Crippen molar-refractivity contribution in [3.05, 3.63) is 78.7 Å². The fraction of sp³-hybridized carbons (Fsp3) is 0. The minimum Gasteiger partial charge on any atom is -0.456 e. The van der Waals surface area contributed by atoms with Crippen LogP contribution in [-0.2, 0) is 0 Å². The molecule has 3 rings (SSSR count). The molecule has 0 unspecified atom stereocenters. The number of furan rings is 1. The van der Waals surface area contributed by atoms with E-state index >= 15 is 0 Å². The minimum absolute atomic E-state index is 0.102. The molecule has 0 bridgehead atoms. The zero-order chi connectivity index (χ0) is 16.7. The first-order valence-corrected chi connectivity index (χ1v) is 5.73. The molecule has 2 nitrogen and oxygen atoms in total. The third-order valence-electron chi connectivity index (χ3n) is 2.86. The van der Waals surface area contributed by atoms with E-state index in [9.17, 15) is 0 Å². The molecule has 0 saturated heterocycles. The van der Waals surface area contributed by atoms with Gasteiger partial charge in [-0.3, -0.25) is 4.98 Å². The van der Waals surface area contributed by atoms with Gasteiger partial charge < -0.3 is 4.42 Å². The van der Waals surface area contributed by atoms with Crippen LogP contribution in [0.5, 0.6) is 0 Å². The molecule has 0 amide bonds. The van der Waals surface area contributed by atoms with Crippen molar-refractivity contribution in [2.45, 2.75) is 0 Å². The van der Waals surface area contributed by atoms with Gasteiger partial charge in [0.1, 0.15) is 11.3 Å². The second-order valence-corrected chi connectivity index (χ2v) is 3.97. The van der Waals surface area contributed by atoms with Crippen molar-refractivity contribution in [2.24, 2.45) is 0 Å². The highest BCUT2D eigenvalue weighted by Gasteiger charge is 2.15. The average molecular weight is 251 g/mol. The first-order valence-electron chi connectivity index (χ1n) is 7.73. The second kappa shape index (κ2) is 4.58. The van der Waals surface area contributed by atoms with Crippen molar-refractivity contribution in [3.63, 3.8) is 0 Å². The Hall–Kier alpha value is -2.61. The van der Waals surface area contributed by atoms with Crippen LogP contribution >= 0.6 is 0 Å². The predicted molar refractivity (Wildman–Crippen MR) is 78.7 cm³/mol. The SMILES string of the molecule is [2H]c1nc(C(=C)c2c(C=C)oc3ccccc23)c([2H])c([2H])c1[2H].